The monoisotopic (exact) mass is 510 g/mol. The minimum absolute atomic E-state index is 0.195. The van der Waals surface area contributed by atoms with Crippen LogP contribution in [0.3, 0.4) is 0 Å². The van der Waals surface area contributed by atoms with Crippen LogP contribution in [0.2, 0.25) is 0 Å². The van der Waals surface area contributed by atoms with Gasteiger partial charge in [0.05, 0.1) is 18.8 Å². The fourth-order valence-electron chi connectivity index (χ4n) is 4.94. The van der Waals surface area contributed by atoms with E-state index in [0.29, 0.717) is 32.3 Å². The maximum Gasteiger partial charge on any atom is 0.508 e. The number of ether oxygens (including phenoxy) is 3. The van der Waals surface area contributed by atoms with E-state index in [1.807, 2.05) is 24.3 Å². The molecule has 0 amide bonds. The first-order valence-electron chi connectivity index (χ1n) is 14.4. The van der Waals surface area contributed by atoms with E-state index in [0.717, 1.165) is 48.3 Å². The molecule has 1 fully saturated rings. The van der Waals surface area contributed by atoms with Crippen LogP contribution in [-0.2, 0) is 15.1 Å². The normalized spacial score (nSPS) is 19.4. The first-order valence-corrected chi connectivity index (χ1v) is 14.4. The molecule has 1 aliphatic carbocycles. The standard InChI is InChI=1S/C32H46O5/c1-3-5-7-8-9-11-25-36-31(33)37-30-20-22-32(34,23-21-30)28-16-12-26(13-17-28)27-14-18-29(19-15-27)35-24-10-6-4-2/h12-19,30,34H,3-11,20-25H2,1-2H3. The number of rotatable bonds is 15. The molecule has 5 heteroatoms. The van der Waals surface area contributed by atoms with Gasteiger partial charge in [0, 0.05) is 0 Å². The van der Waals surface area contributed by atoms with E-state index in [4.69, 9.17) is 14.2 Å². The molecule has 0 aliphatic heterocycles. The van der Waals surface area contributed by atoms with E-state index in [1.54, 1.807) is 0 Å². The molecule has 0 spiro atoms. The molecule has 5 nitrogen and oxygen atoms in total. The van der Waals surface area contributed by atoms with Crippen molar-refractivity contribution in [3.8, 4) is 16.9 Å². The highest BCUT2D eigenvalue weighted by Gasteiger charge is 2.36. The zero-order chi connectivity index (χ0) is 26.3. The van der Waals surface area contributed by atoms with Gasteiger partial charge in [-0.05, 0) is 67.3 Å². The van der Waals surface area contributed by atoms with E-state index in [1.165, 1.54) is 38.5 Å². The van der Waals surface area contributed by atoms with Crippen LogP contribution in [0.25, 0.3) is 11.1 Å². The molecule has 37 heavy (non-hydrogen) atoms. The van der Waals surface area contributed by atoms with Crippen molar-refractivity contribution in [3.05, 3.63) is 54.1 Å². The SMILES string of the molecule is CCCCCCCCOC(=O)OC1CCC(O)(c2ccc(-c3ccc(OCCCCC)cc3)cc2)CC1. The molecule has 0 heterocycles. The second kappa shape index (κ2) is 15.7. The molecular weight excluding hydrogens is 464 g/mol. The fraction of sp³-hybridized carbons (Fsp3) is 0.594. The van der Waals surface area contributed by atoms with Crippen LogP contribution in [-0.4, -0.2) is 30.6 Å². The van der Waals surface area contributed by atoms with Gasteiger partial charge in [-0.25, -0.2) is 4.79 Å². The van der Waals surface area contributed by atoms with Gasteiger partial charge in [0.1, 0.15) is 11.9 Å². The summed E-state index contributed by atoms with van der Waals surface area (Å²) in [4.78, 5) is 12.0. The van der Waals surface area contributed by atoms with Gasteiger partial charge in [0.25, 0.3) is 0 Å². The number of benzene rings is 2. The number of hydrogen-bond acceptors (Lipinski definition) is 5. The largest absolute Gasteiger partial charge is 0.508 e. The Hall–Kier alpha value is -2.53. The zero-order valence-corrected chi connectivity index (χ0v) is 22.9. The van der Waals surface area contributed by atoms with E-state index in [9.17, 15) is 9.90 Å². The van der Waals surface area contributed by atoms with Crippen molar-refractivity contribution in [2.75, 3.05) is 13.2 Å². The molecule has 0 atom stereocenters. The Morgan fingerprint density at radius 3 is 1.97 bits per heavy atom. The van der Waals surface area contributed by atoms with Crippen molar-refractivity contribution in [3.63, 3.8) is 0 Å². The smallest absolute Gasteiger partial charge is 0.494 e. The molecule has 0 aromatic heterocycles. The highest BCUT2D eigenvalue weighted by atomic mass is 16.7. The predicted molar refractivity (Wildman–Crippen MR) is 149 cm³/mol. The van der Waals surface area contributed by atoms with Crippen molar-refractivity contribution >= 4 is 6.16 Å². The quantitative estimate of drug-likeness (QED) is 0.192. The molecule has 204 valence electrons. The van der Waals surface area contributed by atoms with Gasteiger partial charge in [-0.15, -0.1) is 0 Å². The van der Waals surface area contributed by atoms with Gasteiger partial charge in [-0.2, -0.15) is 0 Å². The highest BCUT2D eigenvalue weighted by molar-refractivity contribution is 5.64. The fourth-order valence-corrected chi connectivity index (χ4v) is 4.94. The van der Waals surface area contributed by atoms with Crippen LogP contribution in [0.15, 0.2) is 48.5 Å². The Bertz CT molecular complexity index is 898. The molecule has 1 saturated carbocycles. The summed E-state index contributed by atoms with van der Waals surface area (Å²) in [6.07, 6.45) is 12.0. The summed E-state index contributed by atoms with van der Waals surface area (Å²) in [6, 6.07) is 16.3. The summed E-state index contributed by atoms with van der Waals surface area (Å²) in [5, 5.41) is 11.3. The summed E-state index contributed by atoms with van der Waals surface area (Å²) in [6.45, 7) is 5.57. The molecule has 0 bridgehead atoms. The highest BCUT2D eigenvalue weighted by Crippen LogP contribution is 2.39. The van der Waals surface area contributed by atoms with E-state index >= 15 is 0 Å². The minimum Gasteiger partial charge on any atom is -0.494 e. The number of carbonyl (C=O) groups excluding carboxylic acids is 1. The maximum absolute atomic E-state index is 12.0. The molecular formula is C32H46O5. The average molecular weight is 511 g/mol. The Morgan fingerprint density at radius 1 is 0.784 bits per heavy atom. The molecule has 2 aromatic rings. The number of unbranched alkanes of at least 4 members (excludes halogenated alkanes) is 7. The third-order valence-corrected chi connectivity index (χ3v) is 7.37. The molecule has 3 rings (SSSR count). The lowest BCUT2D eigenvalue weighted by atomic mass is 9.78. The lowest BCUT2D eigenvalue weighted by Gasteiger charge is -2.36. The summed E-state index contributed by atoms with van der Waals surface area (Å²) in [5.74, 6) is 0.899. The van der Waals surface area contributed by atoms with Crippen molar-refractivity contribution in [2.45, 2.75) is 109 Å². The zero-order valence-electron chi connectivity index (χ0n) is 22.9. The molecule has 1 aliphatic rings. The van der Waals surface area contributed by atoms with Gasteiger partial charge in [-0.3, -0.25) is 0 Å². The van der Waals surface area contributed by atoms with Crippen LogP contribution in [0, 0.1) is 0 Å². The molecule has 0 unspecified atom stereocenters. The van der Waals surface area contributed by atoms with Gasteiger partial charge < -0.3 is 19.3 Å². The van der Waals surface area contributed by atoms with E-state index in [2.05, 4.69) is 38.1 Å². The first kappa shape index (κ1) is 29.0. The van der Waals surface area contributed by atoms with Crippen LogP contribution >= 0.6 is 0 Å². The summed E-state index contributed by atoms with van der Waals surface area (Å²) >= 11 is 0. The third-order valence-electron chi connectivity index (χ3n) is 7.37. The van der Waals surface area contributed by atoms with Crippen molar-refractivity contribution in [2.24, 2.45) is 0 Å². The summed E-state index contributed by atoms with van der Waals surface area (Å²) in [5.41, 5.74) is 2.25. The van der Waals surface area contributed by atoms with Crippen molar-refractivity contribution in [1.29, 1.82) is 0 Å². The molecule has 0 radical (unpaired) electrons. The molecule has 0 saturated heterocycles. The van der Waals surface area contributed by atoms with Crippen LogP contribution in [0.5, 0.6) is 5.75 Å². The van der Waals surface area contributed by atoms with E-state index in [-0.39, 0.29) is 6.10 Å². The van der Waals surface area contributed by atoms with Crippen LogP contribution in [0.1, 0.15) is 103 Å². The molecule has 2 aromatic carbocycles. The van der Waals surface area contributed by atoms with Crippen molar-refractivity contribution < 1.29 is 24.1 Å². The van der Waals surface area contributed by atoms with E-state index < -0.39 is 11.8 Å². The first-order chi connectivity index (χ1) is 18.0. The predicted octanol–water partition coefficient (Wildman–Crippen LogP) is 8.57. The third kappa shape index (κ3) is 9.70. The number of aliphatic hydroxyl groups is 1. The number of carbonyl (C=O) groups is 1. The average Bonchev–Trinajstić information content (AvgIpc) is 2.92. The Labute approximate surface area is 223 Å². The van der Waals surface area contributed by atoms with Gasteiger partial charge in [0.2, 0.25) is 0 Å². The lowest BCUT2D eigenvalue weighted by molar-refractivity contribution is -0.0538. The Morgan fingerprint density at radius 2 is 1.32 bits per heavy atom. The second-order valence-corrected chi connectivity index (χ2v) is 10.4. The summed E-state index contributed by atoms with van der Waals surface area (Å²) in [7, 11) is 0. The molecule has 1 N–H and O–H groups in total. The summed E-state index contributed by atoms with van der Waals surface area (Å²) < 4.78 is 16.6. The lowest BCUT2D eigenvalue weighted by Crippen LogP contribution is -2.35. The van der Waals surface area contributed by atoms with Gasteiger partial charge in [0.15, 0.2) is 0 Å². The number of hydrogen-bond donors (Lipinski definition) is 1. The Balaban J connectivity index is 1.40. The van der Waals surface area contributed by atoms with Gasteiger partial charge in [-0.1, -0.05) is 95.2 Å². The van der Waals surface area contributed by atoms with Crippen molar-refractivity contribution in [1.82, 2.24) is 0 Å². The topological polar surface area (TPSA) is 65.0 Å². The van der Waals surface area contributed by atoms with Gasteiger partial charge >= 0.3 is 6.16 Å². The minimum atomic E-state index is -0.892. The van der Waals surface area contributed by atoms with Crippen LogP contribution < -0.4 is 4.74 Å². The Kier molecular flexibility index (Phi) is 12.3. The maximum atomic E-state index is 12.0. The second-order valence-electron chi connectivity index (χ2n) is 10.4. The van der Waals surface area contributed by atoms with Crippen LogP contribution in [0.4, 0.5) is 4.79 Å².